The van der Waals surface area contributed by atoms with Crippen molar-refractivity contribution >= 4 is 11.9 Å². The van der Waals surface area contributed by atoms with Gasteiger partial charge in [0.15, 0.2) is 0 Å². The fourth-order valence-corrected chi connectivity index (χ4v) is 12.4. The van der Waals surface area contributed by atoms with Crippen LogP contribution in [0.3, 0.4) is 0 Å². The van der Waals surface area contributed by atoms with Crippen molar-refractivity contribution in [2.75, 3.05) is 13.2 Å². The van der Waals surface area contributed by atoms with Crippen LogP contribution >= 0.6 is 0 Å². The first-order valence-corrected chi connectivity index (χ1v) is 37.8. The highest BCUT2D eigenvalue weighted by Gasteiger charge is 2.20. The van der Waals surface area contributed by atoms with E-state index < -0.39 is 12.1 Å². The van der Waals surface area contributed by atoms with Gasteiger partial charge >= 0.3 is 5.97 Å². The van der Waals surface area contributed by atoms with Crippen molar-refractivity contribution in [3.8, 4) is 0 Å². The Morgan fingerprint density at radius 2 is 0.506 bits per heavy atom. The lowest BCUT2D eigenvalue weighted by Gasteiger charge is -2.22. The molecule has 0 aliphatic rings. The maximum atomic E-state index is 12.5. The molecule has 0 heterocycles. The van der Waals surface area contributed by atoms with Gasteiger partial charge in [0, 0.05) is 12.8 Å². The van der Waals surface area contributed by atoms with Crippen molar-refractivity contribution in [3.05, 3.63) is 0 Å². The summed E-state index contributed by atoms with van der Waals surface area (Å²) in [5.74, 6) is -0.000504. The van der Waals surface area contributed by atoms with E-state index in [0.717, 1.165) is 38.5 Å². The Hall–Kier alpha value is -1.14. The van der Waals surface area contributed by atoms with Crippen molar-refractivity contribution < 1.29 is 24.5 Å². The van der Waals surface area contributed by atoms with Crippen LogP contribution in [0.2, 0.25) is 0 Å². The maximum absolute atomic E-state index is 12.5. The lowest BCUT2D eigenvalue weighted by molar-refractivity contribution is -0.143. The Morgan fingerprint density at radius 1 is 0.296 bits per heavy atom. The number of hydrogen-bond acceptors (Lipinski definition) is 5. The molecule has 2 atom stereocenters. The summed E-state index contributed by atoms with van der Waals surface area (Å²) >= 11 is 0. The number of aliphatic hydroxyl groups is 2. The number of rotatable bonds is 72. The molecule has 2 unspecified atom stereocenters. The van der Waals surface area contributed by atoms with E-state index in [2.05, 4.69) is 19.2 Å². The molecule has 484 valence electrons. The lowest BCUT2D eigenvalue weighted by Crippen LogP contribution is -2.45. The van der Waals surface area contributed by atoms with Crippen molar-refractivity contribution in [3.63, 3.8) is 0 Å². The van der Waals surface area contributed by atoms with Crippen molar-refractivity contribution in [2.24, 2.45) is 0 Å². The summed E-state index contributed by atoms with van der Waals surface area (Å²) in [5.41, 5.74) is 0. The second-order valence-electron chi connectivity index (χ2n) is 26.4. The van der Waals surface area contributed by atoms with Gasteiger partial charge < -0.3 is 20.3 Å². The summed E-state index contributed by atoms with van der Waals surface area (Å²) in [5, 5.41) is 23.4. The van der Waals surface area contributed by atoms with Gasteiger partial charge in [-0.25, -0.2) is 0 Å². The number of nitrogens with one attached hydrogen (secondary N) is 1. The molecule has 0 rings (SSSR count). The minimum absolute atomic E-state index is 0.0248. The predicted octanol–water partition coefficient (Wildman–Crippen LogP) is 24.5. The van der Waals surface area contributed by atoms with Crippen LogP contribution in [0.4, 0.5) is 0 Å². The van der Waals surface area contributed by atoms with Crippen LogP contribution in [-0.4, -0.2) is 47.4 Å². The summed E-state index contributed by atoms with van der Waals surface area (Å²) < 4.78 is 5.50. The Kier molecular flexibility index (Phi) is 70.3. The van der Waals surface area contributed by atoms with E-state index in [4.69, 9.17) is 4.74 Å². The standard InChI is InChI=1S/C75H149NO5/c1-3-5-7-9-11-13-15-17-19-20-37-40-43-47-51-55-59-63-67-73(78)72(71-77)76-74(79)68-64-60-56-52-48-44-41-38-35-33-31-29-27-25-23-21-22-24-26-28-30-32-34-36-39-42-46-50-54-58-62-66-70-81-75(80)69-65-61-57-53-49-45-18-16-14-12-10-8-6-4-2/h72-73,77-78H,3-71H2,1-2H3,(H,76,79). The average molecular weight is 1150 g/mol. The minimum Gasteiger partial charge on any atom is -0.466 e. The van der Waals surface area contributed by atoms with Crippen LogP contribution in [0.1, 0.15) is 444 Å². The Bertz CT molecular complexity index is 1180. The van der Waals surface area contributed by atoms with Crippen LogP contribution < -0.4 is 5.32 Å². The minimum atomic E-state index is -0.660. The summed E-state index contributed by atoms with van der Waals surface area (Å²) in [6.45, 7) is 5.01. The molecule has 3 N–H and O–H groups in total. The third-order valence-corrected chi connectivity index (χ3v) is 18.2. The zero-order valence-corrected chi connectivity index (χ0v) is 55.6. The Labute approximate surface area is 508 Å². The molecule has 0 aromatic carbocycles. The van der Waals surface area contributed by atoms with Gasteiger partial charge in [0.1, 0.15) is 0 Å². The van der Waals surface area contributed by atoms with E-state index in [-0.39, 0.29) is 18.5 Å². The second kappa shape index (κ2) is 71.3. The molecular weight excluding hydrogens is 995 g/mol. The fraction of sp³-hybridized carbons (Fsp3) is 0.973. The fourth-order valence-electron chi connectivity index (χ4n) is 12.4. The van der Waals surface area contributed by atoms with Crippen LogP contribution in [0.5, 0.6) is 0 Å². The zero-order valence-electron chi connectivity index (χ0n) is 55.6. The normalized spacial score (nSPS) is 12.4. The summed E-state index contributed by atoms with van der Waals surface area (Å²) in [7, 11) is 0. The monoisotopic (exact) mass is 1140 g/mol. The molecule has 0 saturated carbocycles. The van der Waals surface area contributed by atoms with Gasteiger partial charge in [0.25, 0.3) is 0 Å². The van der Waals surface area contributed by atoms with Crippen molar-refractivity contribution in [2.45, 2.75) is 456 Å². The molecule has 0 aromatic heterocycles. The van der Waals surface area contributed by atoms with Gasteiger partial charge in [-0.2, -0.15) is 0 Å². The number of ether oxygens (including phenoxy) is 1. The molecule has 0 saturated heterocycles. The zero-order chi connectivity index (χ0) is 58.5. The highest BCUT2D eigenvalue weighted by molar-refractivity contribution is 5.76. The van der Waals surface area contributed by atoms with E-state index >= 15 is 0 Å². The van der Waals surface area contributed by atoms with Crippen molar-refractivity contribution in [1.29, 1.82) is 0 Å². The molecule has 0 aliphatic carbocycles. The molecule has 6 nitrogen and oxygen atoms in total. The molecule has 0 aromatic rings. The average Bonchev–Trinajstić information content (AvgIpc) is 3.47. The summed E-state index contributed by atoms with van der Waals surface area (Å²) in [6, 6.07) is -0.537. The molecule has 0 bridgehead atoms. The molecule has 6 heteroatoms. The number of amides is 1. The Balaban J connectivity index is 3.31. The molecule has 1 amide bonds. The number of carbonyl (C=O) groups is 2. The predicted molar refractivity (Wildman–Crippen MR) is 357 cm³/mol. The van der Waals surface area contributed by atoms with Crippen LogP contribution in [-0.2, 0) is 14.3 Å². The van der Waals surface area contributed by atoms with Crippen LogP contribution in [0, 0.1) is 0 Å². The van der Waals surface area contributed by atoms with E-state index in [0.29, 0.717) is 25.9 Å². The van der Waals surface area contributed by atoms with Crippen LogP contribution in [0.25, 0.3) is 0 Å². The molecule has 0 spiro atoms. The quantitative estimate of drug-likeness (QED) is 0.0417. The maximum Gasteiger partial charge on any atom is 0.305 e. The Morgan fingerprint density at radius 3 is 0.753 bits per heavy atom. The molecule has 0 radical (unpaired) electrons. The highest BCUT2D eigenvalue weighted by atomic mass is 16.5. The summed E-state index contributed by atoms with van der Waals surface area (Å²) in [6.07, 6.45) is 87.5. The highest BCUT2D eigenvalue weighted by Crippen LogP contribution is 2.20. The smallest absolute Gasteiger partial charge is 0.305 e. The van der Waals surface area contributed by atoms with Gasteiger partial charge in [-0.1, -0.05) is 406 Å². The van der Waals surface area contributed by atoms with Crippen LogP contribution in [0.15, 0.2) is 0 Å². The third kappa shape index (κ3) is 67.9. The molecule has 81 heavy (non-hydrogen) atoms. The number of hydrogen-bond donors (Lipinski definition) is 3. The molecular formula is C75H149NO5. The van der Waals surface area contributed by atoms with Gasteiger partial charge in [0.05, 0.1) is 25.4 Å². The van der Waals surface area contributed by atoms with Gasteiger partial charge in [0.2, 0.25) is 5.91 Å². The van der Waals surface area contributed by atoms with E-state index in [1.807, 2.05) is 0 Å². The summed E-state index contributed by atoms with van der Waals surface area (Å²) in [4.78, 5) is 24.6. The van der Waals surface area contributed by atoms with E-state index in [9.17, 15) is 19.8 Å². The largest absolute Gasteiger partial charge is 0.466 e. The third-order valence-electron chi connectivity index (χ3n) is 18.2. The topological polar surface area (TPSA) is 95.9 Å². The van der Waals surface area contributed by atoms with Gasteiger partial charge in [-0.3, -0.25) is 9.59 Å². The first-order valence-electron chi connectivity index (χ1n) is 37.8. The molecule has 0 fully saturated rings. The number of unbranched alkanes of at least 4 members (excludes halogenated alkanes) is 61. The SMILES string of the molecule is CCCCCCCCCCCCCCCCCCCCC(O)C(CO)NC(=O)CCCCCCCCCCCCCCCCCCCCCCCCCCCCCCCCCCOC(=O)CCCCCCCCCCCCCCCC. The van der Waals surface area contributed by atoms with Gasteiger partial charge in [-0.05, 0) is 25.7 Å². The van der Waals surface area contributed by atoms with E-state index in [1.54, 1.807) is 0 Å². The lowest BCUT2D eigenvalue weighted by atomic mass is 10.0. The van der Waals surface area contributed by atoms with Crippen molar-refractivity contribution in [1.82, 2.24) is 5.32 Å². The van der Waals surface area contributed by atoms with E-state index in [1.165, 1.54) is 372 Å². The number of aliphatic hydroxyl groups excluding tert-OH is 2. The number of esters is 1. The molecule has 0 aliphatic heterocycles. The first kappa shape index (κ1) is 79.9. The number of carbonyl (C=O) groups excluding carboxylic acids is 2. The van der Waals surface area contributed by atoms with Gasteiger partial charge in [-0.15, -0.1) is 0 Å². The first-order chi connectivity index (χ1) is 40.0. The second-order valence-corrected chi connectivity index (χ2v) is 26.4.